The smallest absolute Gasteiger partial charge is 0.261 e. The van der Waals surface area contributed by atoms with E-state index in [1.165, 1.54) is 10.9 Å². The maximum absolute atomic E-state index is 12.4. The predicted octanol–water partition coefficient (Wildman–Crippen LogP) is 1.87. The fourth-order valence-electron chi connectivity index (χ4n) is 2.97. The third-order valence-corrected chi connectivity index (χ3v) is 4.41. The Morgan fingerprint density at radius 3 is 2.81 bits per heavy atom. The molecule has 0 saturated heterocycles. The lowest BCUT2D eigenvalue weighted by atomic mass is 10.2. The number of nitrogens with zero attached hydrogens (tertiary/aromatic N) is 2. The molecule has 7 nitrogen and oxygen atoms in total. The Morgan fingerprint density at radius 2 is 1.93 bits per heavy atom. The van der Waals surface area contributed by atoms with Gasteiger partial charge in [0, 0.05) is 19.5 Å². The van der Waals surface area contributed by atoms with Crippen LogP contribution < -0.4 is 20.3 Å². The van der Waals surface area contributed by atoms with Crippen molar-refractivity contribution in [1.29, 1.82) is 0 Å². The summed E-state index contributed by atoms with van der Waals surface area (Å²) in [7, 11) is 0. The second-order valence-electron chi connectivity index (χ2n) is 6.27. The van der Waals surface area contributed by atoms with Crippen LogP contribution in [0.3, 0.4) is 0 Å². The van der Waals surface area contributed by atoms with Crippen molar-refractivity contribution >= 4 is 16.8 Å². The van der Waals surface area contributed by atoms with E-state index >= 15 is 0 Å². The molecule has 1 amide bonds. The molecule has 27 heavy (non-hydrogen) atoms. The summed E-state index contributed by atoms with van der Waals surface area (Å²) in [6, 6.07) is 12.8. The van der Waals surface area contributed by atoms with E-state index in [0.29, 0.717) is 36.4 Å². The monoisotopic (exact) mass is 365 g/mol. The first-order valence-corrected chi connectivity index (χ1v) is 8.80. The Morgan fingerprint density at radius 1 is 1.11 bits per heavy atom. The Hall–Kier alpha value is -3.35. The number of carbonyl (C=O) groups is 1. The van der Waals surface area contributed by atoms with Crippen molar-refractivity contribution in [3.8, 4) is 11.5 Å². The van der Waals surface area contributed by atoms with E-state index < -0.39 is 0 Å². The van der Waals surface area contributed by atoms with Crippen molar-refractivity contribution in [1.82, 2.24) is 14.9 Å². The number of rotatable bonds is 5. The van der Waals surface area contributed by atoms with Gasteiger partial charge in [-0.1, -0.05) is 18.2 Å². The van der Waals surface area contributed by atoms with E-state index in [9.17, 15) is 9.59 Å². The molecule has 1 N–H and O–H groups in total. The van der Waals surface area contributed by atoms with Crippen molar-refractivity contribution in [2.24, 2.45) is 0 Å². The van der Waals surface area contributed by atoms with E-state index in [2.05, 4.69) is 10.3 Å². The van der Waals surface area contributed by atoms with Crippen LogP contribution in [0.2, 0.25) is 0 Å². The van der Waals surface area contributed by atoms with Gasteiger partial charge in [-0.05, 0) is 29.8 Å². The number of fused-ring (bicyclic) bond motifs is 2. The van der Waals surface area contributed by atoms with Crippen LogP contribution in [0.4, 0.5) is 0 Å². The SMILES string of the molecule is O=C(CCn1cnc2ccccc2c1=O)NCc1ccc2c(c1)OCCO2. The molecule has 0 saturated carbocycles. The first-order valence-electron chi connectivity index (χ1n) is 8.80. The summed E-state index contributed by atoms with van der Waals surface area (Å²) >= 11 is 0. The van der Waals surface area contributed by atoms with E-state index in [1.54, 1.807) is 18.2 Å². The van der Waals surface area contributed by atoms with E-state index in [1.807, 2.05) is 24.3 Å². The Labute approximate surface area is 155 Å². The topological polar surface area (TPSA) is 82.5 Å². The minimum absolute atomic E-state index is 0.134. The summed E-state index contributed by atoms with van der Waals surface area (Å²) < 4.78 is 12.5. The highest BCUT2D eigenvalue weighted by atomic mass is 16.6. The third-order valence-electron chi connectivity index (χ3n) is 4.41. The van der Waals surface area contributed by atoms with Crippen LogP contribution in [0.5, 0.6) is 11.5 Å². The molecule has 0 atom stereocenters. The number of ether oxygens (including phenoxy) is 2. The van der Waals surface area contributed by atoms with Crippen LogP contribution in [0, 0.1) is 0 Å². The molecule has 2 heterocycles. The molecule has 138 valence electrons. The van der Waals surface area contributed by atoms with Gasteiger partial charge in [-0.3, -0.25) is 14.2 Å². The summed E-state index contributed by atoms with van der Waals surface area (Å²) in [6.45, 7) is 1.74. The average molecular weight is 365 g/mol. The molecule has 1 aromatic heterocycles. The van der Waals surface area contributed by atoms with Gasteiger partial charge in [-0.25, -0.2) is 4.98 Å². The molecule has 0 radical (unpaired) electrons. The zero-order valence-electron chi connectivity index (χ0n) is 14.7. The van der Waals surface area contributed by atoms with Gasteiger partial charge in [-0.2, -0.15) is 0 Å². The summed E-state index contributed by atoms with van der Waals surface area (Å²) in [4.78, 5) is 28.8. The van der Waals surface area contributed by atoms with Gasteiger partial charge in [0.15, 0.2) is 11.5 Å². The fraction of sp³-hybridized carbons (Fsp3) is 0.250. The molecule has 0 fully saturated rings. The van der Waals surface area contributed by atoms with Gasteiger partial charge in [-0.15, -0.1) is 0 Å². The molecule has 4 rings (SSSR count). The average Bonchev–Trinajstić information content (AvgIpc) is 2.72. The summed E-state index contributed by atoms with van der Waals surface area (Å²) in [5.41, 5.74) is 1.44. The number of carbonyl (C=O) groups excluding carboxylic acids is 1. The van der Waals surface area contributed by atoms with Crippen molar-refractivity contribution in [2.45, 2.75) is 19.5 Å². The van der Waals surface area contributed by atoms with E-state index in [4.69, 9.17) is 9.47 Å². The molecule has 0 spiro atoms. The predicted molar refractivity (Wildman–Crippen MR) is 99.9 cm³/mol. The van der Waals surface area contributed by atoms with E-state index in [0.717, 1.165) is 11.3 Å². The number of hydrogen-bond acceptors (Lipinski definition) is 5. The second kappa shape index (κ2) is 7.49. The molecule has 1 aliphatic heterocycles. The standard InChI is InChI=1S/C20H19N3O4/c24-19(21-12-14-5-6-17-18(11-14)27-10-9-26-17)7-8-23-13-22-16-4-2-1-3-15(16)20(23)25/h1-6,11,13H,7-10,12H2,(H,21,24). The van der Waals surface area contributed by atoms with Crippen LogP contribution in [0.15, 0.2) is 53.6 Å². The molecule has 0 bridgehead atoms. The molecule has 0 unspecified atom stereocenters. The van der Waals surface area contributed by atoms with Crippen molar-refractivity contribution in [2.75, 3.05) is 13.2 Å². The summed E-state index contributed by atoms with van der Waals surface area (Å²) in [6.07, 6.45) is 1.68. The van der Waals surface area contributed by atoms with Gasteiger partial charge >= 0.3 is 0 Å². The van der Waals surface area contributed by atoms with Crippen LogP contribution >= 0.6 is 0 Å². The van der Waals surface area contributed by atoms with Gasteiger partial charge in [0.2, 0.25) is 5.91 Å². The van der Waals surface area contributed by atoms with Crippen LogP contribution in [-0.4, -0.2) is 28.7 Å². The van der Waals surface area contributed by atoms with Crippen molar-refractivity contribution < 1.29 is 14.3 Å². The number of amides is 1. The number of aryl methyl sites for hydroxylation is 1. The Balaban J connectivity index is 1.35. The normalized spacial score (nSPS) is 12.7. The van der Waals surface area contributed by atoms with Gasteiger partial charge in [0.25, 0.3) is 5.56 Å². The van der Waals surface area contributed by atoms with Gasteiger partial charge in [0.05, 0.1) is 17.2 Å². The van der Waals surface area contributed by atoms with Crippen molar-refractivity contribution in [3.05, 3.63) is 64.7 Å². The van der Waals surface area contributed by atoms with E-state index in [-0.39, 0.29) is 24.4 Å². The molecule has 1 aliphatic rings. The highest BCUT2D eigenvalue weighted by Gasteiger charge is 2.12. The number of benzene rings is 2. The zero-order chi connectivity index (χ0) is 18.6. The summed E-state index contributed by atoms with van der Waals surface area (Å²) in [5.74, 6) is 1.28. The lowest BCUT2D eigenvalue weighted by Crippen LogP contribution is -2.27. The highest BCUT2D eigenvalue weighted by molar-refractivity contribution is 5.77. The molecule has 7 heteroatoms. The van der Waals surface area contributed by atoms with Gasteiger partial charge in [0.1, 0.15) is 13.2 Å². The lowest BCUT2D eigenvalue weighted by molar-refractivity contribution is -0.121. The van der Waals surface area contributed by atoms with Crippen LogP contribution in [0.25, 0.3) is 10.9 Å². The van der Waals surface area contributed by atoms with Crippen LogP contribution in [-0.2, 0) is 17.9 Å². The number of hydrogen-bond donors (Lipinski definition) is 1. The number of aromatic nitrogens is 2. The quantitative estimate of drug-likeness (QED) is 0.746. The number of para-hydroxylation sites is 1. The first-order chi connectivity index (χ1) is 13.2. The number of nitrogens with one attached hydrogen (secondary N) is 1. The van der Waals surface area contributed by atoms with Gasteiger partial charge < -0.3 is 14.8 Å². The molecule has 0 aliphatic carbocycles. The molecule has 2 aromatic carbocycles. The second-order valence-corrected chi connectivity index (χ2v) is 6.27. The van der Waals surface area contributed by atoms with Crippen molar-refractivity contribution in [3.63, 3.8) is 0 Å². The fourth-order valence-corrected chi connectivity index (χ4v) is 2.97. The summed E-state index contributed by atoms with van der Waals surface area (Å²) in [5, 5.41) is 3.41. The largest absolute Gasteiger partial charge is 0.486 e. The Kier molecular flexibility index (Phi) is 4.74. The molecule has 3 aromatic rings. The maximum Gasteiger partial charge on any atom is 0.261 e. The third kappa shape index (κ3) is 3.76. The minimum atomic E-state index is -0.139. The molecular weight excluding hydrogens is 346 g/mol. The zero-order valence-corrected chi connectivity index (χ0v) is 14.7. The Bertz CT molecular complexity index is 1040. The minimum Gasteiger partial charge on any atom is -0.486 e. The lowest BCUT2D eigenvalue weighted by Gasteiger charge is -2.19. The molecular formula is C20H19N3O4. The maximum atomic E-state index is 12.4. The first kappa shape index (κ1) is 17.1. The highest BCUT2D eigenvalue weighted by Crippen LogP contribution is 2.30. The van der Waals surface area contributed by atoms with Crippen LogP contribution in [0.1, 0.15) is 12.0 Å².